The van der Waals surface area contributed by atoms with Gasteiger partial charge < -0.3 is 20.1 Å². The van der Waals surface area contributed by atoms with Crippen molar-refractivity contribution < 1.29 is 9.84 Å². The third kappa shape index (κ3) is 1.67. The molecule has 0 aliphatic carbocycles. The summed E-state index contributed by atoms with van der Waals surface area (Å²) in [5.41, 5.74) is 8.30. The van der Waals surface area contributed by atoms with Gasteiger partial charge in [0.15, 0.2) is 0 Å². The number of nitrogens with two attached hydrogens (primary N) is 1. The quantitative estimate of drug-likeness (QED) is 0.788. The van der Waals surface area contributed by atoms with Gasteiger partial charge in [-0.25, -0.2) is 4.98 Å². The van der Waals surface area contributed by atoms with E-state index in [1.54, 1.807) is 0 Å². The SMILES string of the molecule is CC1OCCC1n1c(CO)nc2cc(N)ccc21. The van der Waals surface area contributed by atoms with Crippen LogP contribution in [0.4, 0.5) is 5.69 Å². The molecule has 1 aliphatic heterocycles. The molecule has 0 bridgehead atoms. The van der Waals surface area contributed by atoms with E-state index in [-0.39, 0.29) is 18.8 Å². The number of aliphatic hydroxyl groups is 1. The van der Waals surface area contributed by atoms with Gasteiger partial charge >= 0.3 is 0 Å². The Kier molecular flexibility index (Phi) is 2.72. The Morgan fingerprint density at radius 3 is 3.06 bits per heavy atom. The Hall–Kier alpha value is -1.59. The molecule has 2 atom stereocenters. The third-order valence-electron chi connectivity index (χ3n) is 3.60. The maximum absolute atomic E-state index is 9.48. The summed E-state index contributed by atoms with van der Waals surface area (Å²) in [4.78, 5) is 4.45. The predicted molar refractivity (Wildman–Crippen MR) is 69.1 cm³/mol. The number of ether oxygens (including phenoxy) is 1. The highest BCUT2D eigenvalue weighted by atomic mass is 16.5. The molecule has 2 heterocycles. The van der Waals surface area contributed by atoms with E-state index >= 15 is 0 Å². The Labute approximate surface area is 105 Å². The summed E-state index contributed by atoms with van der Waals surface area (Å²) in [7, 11) is 0. The van der Waals surface area contributed by atoms with Crippen molar-refractivity contribution >= 4 is 16.7 Å². The molecule has 0 saturated carbocycles. The highest BCUT2D eigenvalue weighted by Crippen LogP contribution is 2.31. The van der Waals surface area contributed by atoms with Crippen LogP contribution >= 0.6 is 0 Å². The smallest absolute Gasteiger partial charge is 0.136 e. The lowest BCUT2D eigenvalue weighted by Gasteiger charge is -2.19. The highest BCUT2D eigenvalue weighted by Gasteiger charge is 2.29. The topological polar surface area (TPSA) is 73.3 Å². The fourth-order valence-electron chi connectivity index (χ4n) is 2.71. The van der Waals surface area contributed by atoms with Gasteiger partial charge in [-0.1, -0.05) is 0 Å². The number of imidazole rings is 1. The van der Waals surface area contributed by atoms with Crippen LogP contribution in [-0.2, 0) is 11.3 Å². The number of hydrogen-bond donors (Lipinski definition) is 2. The fraction of sp³-hybridized carbons (Fsp3) is 0.462. The normalized spacial score (nSPS) is 23.9. The summed E-state index contributed by atoms with van der Waals surface area (Å²) >= 11 is 0. The molecule has 96 valence electrons. The monoisotopic (exact) mass is 247 g/mol. The lowest BCUT2D eigenvalue weighted by molar-refractivity contribution is 0.107. The van der Waals surface area contributed by atoms with Gasteiger partial charge in [0.05, 0.1) is 23.2 Å². The molecular formula is C13H17N3O2. The first-order chi connectivity index (χ1) is 8.70. The minimum absolute atomic E-state index is 0.0716. The van der Waals surface area contributed by atoms with Crippen LogP contribution in [-0.4, -0.2) is 27.4 Å². The number of fused-ring (bicyclic) bond motifs is 1. The van der Waals surface area contributed by atoms with Crippen LogP contribution in [0.15, 0.2) is 18.2 Å². The number of nitrogens with zero attached hydrogens (tertiary/aromatic N) is 2. The van der Waals surface area contributed by atoms with Crippen LogP contribution in [0.2, 0.25) is 0 Å². The van der Waals surface area contributed by atoms with E-state index in [1.165, 1.54) is 0 Å². The summed E-state index contributed by atoms with van der Waals surface area (Å²) in [6.07, 6.45) is 1.09. The summed E-state index contributed by atoms with van der Waals surface area (Å²) in [6, 6.07) is 5.90. The summed E-state index contributed by atoms with van der Waals surface area (Å²) < 4.78 is 7.70. The number of nitrogen functional groups attached to an aromatic ring is 1. The minimum Gasteiger partial charge on any atom is -0.399 e. The van der Waals surface area contributed by atoms with E-state index in [4.69, 9.17) is 10.5 Å². The van der Waals surface area contributed by atoms with E-state index in [1.807, 2.05) is 18.2 Å². The molecule has 3 rings (SSSR count). The van der Waals surface area contributed by atoms with Crippen molar-refractivity contribution in [2.24, 2.45) is 0 Å². The Morgan fingerprint density at radius 2 is 2.39 bits per heavy atom. The Balaban J connectivity index is 2.19. The number of anilines is 1. The van der Waals surface area contributed by atoms with E-state index in [2.05, 4.69) is 16.5 Å². The van der Waals surface area contributed by atoms with Crippen LogP contribution in [0.5, 0.6) is 0 Å². The highest BCUT2D eigenvalue weighted by molar-refractivity contribution is 5.79. The number of aliphatic hydroxyl groups excluding tert-OH is 1. The molecule has 5 heteroatoms. The molecule has 2 aromatic rings. The average molecular weight is 247 g/mol. The average Bonchev–Trinajstić information content (AvgIpc) is 2.91. The summed E-state index contributed by atoms with van der Waals surface area (Å²) in [5, 5.41) is 9.48. The third-order valence-corrected chi connectivity index (χ3v) is 3.60. The number of aromatic nitrogens is 2. The van der Waals surface area contributed by atoms with Gasteiger partial charge in [0.1, 0.15) is 12.4 Å². The largest absolute Gasteiger partial charge is 0.399 e. The number of benzene rings is 1. The second-order valence-corrected chi connectivity index (χ2v) is 4.74. The van der Waals surface area contributed by atoms with E-state index in [0.29, 0.717) is 11.5 Å². The molecular weight excluding hydrogens is 230 g/mol. The first-order valence-corrected chi connectivity index (χ1v) is 6.19. The van der Waals surface area contributed by atoms with Gasteiger partial charge in [-0.05, 0) is 31.5 Å². The van der Waals surface area contributed by atoms with Gasteiger partial charge in [0, 0.05) is 12.3 Å². The molecule has 1 aromatic heterocycles. The predicted octanol–water partition coefficient (Wildman–Crippen LogP) is 1.46. The van der Waals surface area contributed by atoms with Crippen LogP contribution in [0.25, 0.3) is 11.0 Å². The molecule has 0 spiro atoms. The zero-order valence-electron chi connectivity index (χ0n) is 10.3. The maximum Gasteiger partial charge on any atom is 0.136 e. The standard InChI is InChI=1S/C13H17N3O2/c1-8-11(4-5-18-8)16-12-3-2-9(14)6-10(12)15-13(16)7-17/h2-3,6,8,11,17H,4-5,7,14H2,1H3. The molecule has 1 saturated heterocycles. The fourth-order valence-corrected chi connectivity index (χ4v) is 2.71. The van der Waals surface area contributed by atoms with Gasteiger partial charge in [-0.15, -0.1) is 0 Å². The van der Waals surface area contributed by atoms with Crippen molar-refractivity contribution in [3.8, 4) is 0 Å². The van der Waals surface area contributed by atoms with Gasteiger partial charge in [0.25, 0.3) is 0 Å². The zero-order valence-corrected chi connectivity index (χ0v) is 10.3. The molecule has 5 nitrogen and oxygen atoms in total. The van der Waals surface area contributed by atoms with Gasteiger partial charge in [-0.2, -0.15) is 0 Å². The molecule has 0 radical (unpaired) electrons. The van der Waals surface area contributed by atoms with Crippen molar-refractivity contribution in [2.45, 2.75) is 32.1 Å². The summed E-state index contributed by atoms with van der Waals surface area (Å²) in [6.45, 7) is 2.74. The van der Waals surface area contributed by atoms with Crippen LogP contribution in [0.1, 0.15) is 25.2 Å². The molecule has 1 aliphatic rings. The van der Waals surface area contributed by atoms with Crippen molar-refractivity contribution in [3.05, 3.63) is 24.0 Å². The minimum atomic E-state index is -0.0716. The lowest BCUT2D eigenvalue weighted by Crippen LogP contribution is -2.19. The molecule has 3 N–H and O–H groups in total. The molecule has 2 unspecified atom stereocenters. The van der Waals surface area contributed by atoms with Crippen molar-refractivity contribution in [2.75, 3.05) is 12.3 Å². The van der Waals surface area contributed by atoms with Crippen LogP contribution in [0, 0.1) is 0 Å². The molecule has 1 aromatic carbocycles. The molecule has 0 amide bonds. The lowest BCUT2D eigenvalue weighted by atomic mass is 10.1. The summed E-state index contributed by atoms with van der Waals surface area (Å²) in [5.74, 6) is 0.679. The maximum atomic E-state index is 9.48. The van der Waals surface area contributed by atoms with E-state index < -0.39 is 0 Å². The van der Waals surface area contributed by atoms with Gasteiger partial charge in [0.2, 0.25) is 0 Å². The number of hydrogen-bond acceptors (Lipinski definition) is 4. The zero-order chi connectivity index (χ0) is 12.7. The second-order valence-electron chi connectivity index (χ2n) is 4.74. The van der Waals surface area contributed by atoms with Crippen LogP contribution in [0.3, 0.4) is 0 Å². The Morgan fingerprint density at radius 1 is 1.56 bits per heavy atom. The van der Waals surface area contributed by atoms with Crippen molar-refractivity contribution in [1.82, 2.24) is 9.55 Å². The van der Waals surface area contributed by atoms with E-state index in [9.17, 15) is 5.11 Å². The first kappa shape index (κ1) is 11.5. The molecule has 18 heavy (non-hydrogen) atoms. The van der Waals surface area contributed by atoms with E-state index in [0.717, 1.165) is 24.1 Å². The Bertz CT molecular complexity index is 579. The molecule has 1 fully saturated rings. The van der Waals surface area contributed by atoms with Gasteiger partial charge in [-0.3, -0.25) is 0 Å². The first-order valence-electron chi connectivity index (χ1n) is 6.19. The second kappa shape index (κ2) is 4.26. The number of rotatable bonds is 2. The van der Waals surface area contributed by atoms with Crippen molar-refractivity contribution in [3.63, 3.8) is 0 Å². The van der Waals surface area contributed by atoms with Crippen molar-refractivity contribution in [1.29, 1.82) is 0 Å². The van der Waals surface area contributed by atoms with Crippen LogP contribution < -0.4 is 5.73 Å².